The molecular weight excluding hydrogens is 360 g/mol. The van der Waals surface area contributed by atoms with Gasteiger partial charge in [-0.15, -0.1) is 5.10 Å². The molecule has 6 nitrogen and oxygen atoms in total. The number of nitrogens with zero attached hydrogens (tertiary/aromatic N) is 3. The summed E-state index contributed by atoms with van der Waals surface area (Å²) in [7, 11) is 0. The lowest BCUT2D eigenvalue weighted by Gasteiger charge is -2.33. The zero-order chi connectivity index (χ0) is 18.8. The van der Waals surface area contributed by atoms with Crippen molar-refractivity contribution in [1.29, 1.82) is 0 Å². The highest BCUT2D eigenvalue weighted by molar-refractivity contribution is 8.13. The van der Waals surface area contributed by atoms with Crippen LogP contribution in [-0.4, -0.2) is 28.9 Å². The Labute approximate surface area is 160 Å². The second kappa shape index (κ2) is 7.28. The molecule has 27 heavy (non-hydrogen) atoms. The number of hydrogen-bond acceptors (Lipinski definition) is 6. The van der Waals surface area contributed by atoms with Crippen LogP contribution in [0.25, 0.3) is 5.70 Å². The molecule has 0 aliphatic carbocycles. The average Bonchev–Trinajstić information content (AvgIpc) is 2.71. The largest absolute Gasteiger partial charge is 0.490 e. The summed E-state index contributed by atoms with van der Waals surface area (Å²) in [6, 6.07) is 15.3. The molecule has 2 heterocycles. The molecule has 0 saturated heterocycles. The van der Waals surface area contributed by atoms with Crippen molar-refractivity contribution in [3.63, 3.8) is 0 Å². The van der Waals surface area contributed by atoms with E-state index in [0.29, 0.717) is 17.5 Å². The quantitative estimate of drug-likeness (QED) is 0.824. The van der Waals surface area contributed by atoms with Crippen molar-refractivity contribution in [3.8, 4) is 5.75 Å². The Morgan fingerprint density at radius 2 is 2.04 bits per heavy atom. The second-order valence-electron chi connectivity index (χ2n) is 5.95. The number of thioether (sulfide) groups is 1. The molecule has 1 atom stereocenters. The molecule has 1 N–H and O–H groups in total. The van der Waals surface area contributed by atoms with E-state index in [-0.39, 0.29) is 5.91 Å². The Morgan fingerprint density at radius 3 is 2.78 bits per heavy atom. The van der Waals surface area contributed by atoms with Crippen molar-refractivity contribution < 1.29 is 9.53 Å². The zero-order valence-electron chi connectivity index (χ0n) is 14.8. The number of ether oxygens (including phenoxy) is 1. The monoisotopic (exact) mass is 378 g/mol. The van der Waals surface area contributed by atoms with Crippen LogP contribution in [0.15, 0.2) is 71.3 Å². The van der Waals surface area contributed by atoms with Crippen LogP contribution in [0.5, 0.6) is 5.75 Å². The first-order valence-electron chi connectivity index (χ1n) is 8.45. The number of rotatable bonds is 4. The van der Waals surface area contributed by atoms with Crippen molar-refractivity contribution in [2.75, 3.05) is 12.9 Å². The van der Waals surface area contributed by atoms with Gasteiger partial charge in [0.2, 0.25) is 0 Å². The normalized spacial score (nSPS) is 17.9. The Morgan fingerprint density at radius 1 is 1.26 bits per heavy atom. The molecule has 4 rings (SSSR count). The Kier molecular flexibility index (Phi) is 4.68. The fraction of sp³-hybridized carbons (Fsp3) is 0.150. The van der Waals surface area contributed by atoms with E-state index in [1.54, 1.807) is 11.1 Å². The van der Waals surface area contributed by atoms with Gasteiger partial charge in [-0.05, 0) is 30.0 Å². The van der Waals surface area contributed by atoms with Crippen molar-refractivity contribution in [2.45, 2.75) is 6.17 Å². The maximum Gasteiger partial charge on any atom is 0.276 e. The van der Waals surface area contributed by atoms with E-state index in [0.717, 1.165) is 21.9 Å². The number of carbonyl (C=O) groups excluding carboxylic acids is 1. The first kappa shape index (κ1) is 17.4. The molecule has 136 valence electrons. The lowest BCUT2D eigenvalue weighted by molar-refractivity contribution is -0.116. The highest BCUT2D eigenvalue weighted by Gasteiger charge is 2.34. The van der Waals surface area contributed by atoms with Crippen LogP contribution < -0.4 is 20.6 Å². The molecule has 7 heteroatoms. The molecule has 0 saturated carbocycles. The number of benzene rings is 2. The molecule has 1 unspecified atom stereocenters. The maximum absolute atomic E-state index is 12.8. The van der Waals surface area contributed by atoms with Gasteiger partial charge in [-0.25, -0.2) is 5.01 Å². The second-order valence-corrected chi connectivity index (χ2v) is 6.74. The minimum atomic E-state index is -0.420. The van der Waals surface area contributed by atoms with E-state index < -0.39 is 6.17 Å². The fourth-order valence-corrected chi connectivity index (χ4v) is 3.39. The van der Waals surface area contributed by atoms with Gasteiger partial charge in [0.05, 0.1) is 5.36 Å². The van der Waals surface area contributed by atoms with Crippen LogP contribution in [0.1, 0.15) is 11.7 Å². The molecule has 0 fully saturated rings. The molecule has 2 aliphatic rings. The summed E-state index contributed by atoms with van der Waals surface area (Å²) in [5, 5.41) is 11.2. The third-order valence-electron chi connectivity index (χ3n) is 4.25. The topological polar surface area (TPSA) is 66.3 Å². The van der Waals surface area contributed by atoms with Gasteiger partial charge < -0.3 is 4.74 Å². The van der Waals surface area contributed by atoms with E-state index in [1.165, 1.54) is 11.8 Å². The summed E-state index contributed by atoms with van der Waals surface area (Å²) in [6.45, 7) is 4.10. The smallest absolute Gasteiger partial charge is 0.276 e. The number of nitrogens with one attached hydrogen (secondary N) is 1. The predicted molar refractivity (Wildman–Crippen MR) is 106 cm³/mol. The van der Waals surface area contributed by atoms with Crippen molar-refractivity contribution in [3.05, 3.63) is 77.3 Å². The first-order valence-corrected chi connectivity index (χ1v) is 9.68. The number of amides is 1. The van der Waals surface area contributed by atoms with Crippen LogP contribution in [0.3, 0.4) is 0 Å². The van der Waals surface area contributed by atoms with Gasteiger partial charge in [-0.2, -0.15) is 0 Å². The molecule has 2 aliphatic heterocycles. The SMILES string of the molecule is C=CCOc1ccc(C2N=c3ccccc3=C3C(=O)NC(SC)=NN32)cc1. The van der Waals surface area contributed by atoms with Crippen LogP contribution >= 0.6 is 11.8 Å². The summed E-state index contributed by atoms with van der Waals surface area (Å²) in [5.74, 6) is 0.580. The maximum atomic E-state index is 12.8. The van der Waals surface area contributed by atoms with E-state index in [1.807, 2.05) is 54.8 Å². The zero-order valence-corrected chi connectivity index (χ0v) is 15.6. The van der Waals surface area contributed by atoms with E-state index in [2.05, 4.69) is 17.0 Å². The van der Waals surface area contributed by atoms with Crippen LogP contribution in [0.4, 0.5) is 0 Å². The molecule has 2 aromatic carbocycles. The summed E-state index contributed by atoms with van der Waals surface area (Å²) in [5.41, 5.74) is 1.43. The molecule has 0 aromatic heterocycles. The summed E-state index contributed by atoms with van der Waals surface area (Å²) < 4.78 is 5.55. The lowest BCUT2D eigenvalue weighted by Crippen LogP contribution is -2.50. The molecular formula is C20H18N4O2S. The number of hydrogen-bond donors (Lipinski definition) is 1. The number of carbonyl (C=O) groups is 1. The molecule has 0 radical (unpaired) electrons. The van der Waals surface area contributed by atoms with Crippen LogP contribution in [0, 0.1) is 0 Å². The minimum absolute atomic E-state index is 0.173. The molecule has 2 aromatic rings. The Balaban J connectivity index is 1.82. The minimum Gasteiger partial charge on any atom is -0.490 e. The predicted octanol–water partition coefficient (Wildman–Crippen LogP) is 1.76. The van der Waals surface area contributed by atoms with Gasteiger partial charge in [0.25, 0.3) is 5.91 Å². The van der Waals surface area contributed by atoms with E-state index in [9.17, 15) is 4.79 Å². The first-order chi connectivity index (χ1) is 13.2. The van der Waals surface area contributed by atoms with Crippen molar-refractivity contribution in [1.82, 2.24) is 10.3 Å². The highest BCUT2D eigenvalue weighted by atomic mass is 32.2. The van der Waals surface area contributed by atoms with Gasteiger partial charge >= 0.3 is 0 Å². The molecule has 0 spiro atoms. The third kappa shape index (κ3) is 3.21. The van der Waals surface area contributed by atoms with Crippen molar-refractivity contribution >= 4 is 28.5 Å². The Hall–Kier alpha value is -3.06. The van der Waals surface area contributed by atoms with E-state index in [4.69, 9.17) is 9.73 Å². The number of amidine groups is 1. The number of para-hydroxylation sites is 1. The number of hydrazone groups is 1. The van der Waals surface area contributed by atoms with Gasteiger partial charge in [0.15, 0.2) is 11.3 Å². The van der Waals surface area contributed by atoms with Gasteiger partial charge in [-0.3, -0.25) is 15.1 Å². The summed E-state index contributed by atoms with van der Waals surface area (Å²) >= 11 is 1.39. The Bertz CT molecular complexity index is 1050. The third-order valence-corrected chi connectivity index (χ3v) is 4.83. The van der Waals surface area contributed by atoms with Crippen LogP contribution in [-0.2, 0) is 4.79 Å². The van der Waals surface area contributed by atoms with Crippen LogP contribution in [0.2, 0.25) is 0 Å². The standard InChI is InChI=1S/C20H18N4O2S/c1-3-12-26-14-10-8-13(9-11-14)18-21-16-7-5-4-6-15(16)17-19(25)22-20(27-2)23-24(17)18/h3-11,18H,1,12H2,2H3,(H,22,23,25). The molecule has 1 amide bonds. The van der Waals surface area contributed by atoms with Gasteiger partial charge in [-0.1, -0.05) is 54.7 Å². The van der Waals surface area contributed by atoms with Gasteiger partial charge in [0, 0.05) is 5.22 Å². The number of fused-ring (bicyclic) bond motifs is 2. The molecule has 0 bridgehead atoms. The highest BCUT2D eigenvalue weighted by Crippen LogP contribution is 2.31. The summed E-state index contributed by atoms with van der Waals surface area (Å²) in [6.07, 6.45) is 3.16. The summed E-state index contributed by atoms with van der Waals surface area (Å²) in [4.78, 5) is 17.6. The van der Waals surface area contributed by atoms with Gasteiger partial charge in [0.1, 0.15) is 18.1 Å². The van der Waals surface area contributed by atoms with E-state index >= 15 is 0 Å². The van der Waals surface area contributed by atoms with Crippen molar-refractivity contribution in [2.24, 2.45) is 10.1 Å². The lowest BCUT2D eigenvalue weighted by atomic mass is 10.1. The fourth-order valence-electron chi connectivity index (χ4n) is 3.03. The average molecular weight is 378 g/mol.